The van der Waals surface area contributed by atoms with Crippen LogP contribution in [0, 0.1) is 5.92 Å². The number of hydrogen-bond donors (Lipinski definition) is 1. The zero-order valence-electron chi connectivity index (χ0n) is 8.91. The van der Waals surface area contributed by atoms with Crippen molar-refractivity contribution in [1.29, 1.82) is 0 Å². The average molecular weight is 240 g/mol. The van der Waals surface area contributed by atoms with Gasteiger partial charge in [0.25, 0.3) is 0 Å². The molecule has 1 saturated carbocycles. The van der Waals surface area contributed by atoms with E-state index in [-0.39, 0.29) is 5.97 Å². The third-order valence-electron chi connectivity index (χ3n) is 2.69. The van der Waals surface area contributed by atoms with E-state index >= 15 is 0 Å². The fraction of sp³-hybridized carbons (Fsp3) is 0.417. The number of nitrogen functional groups attached to an aromatic ring is 1. The molecule has 0 atom stereocenters. The van der Waals surface area contributed by atoms with Crippen LogP contribution in [0.1, 0.15) is 29.6 Å². The minimum absolute atomic E-state index is 0.365. The van der Waals surface area contributed by atoms with Crippen LogP contribution in [0.25, 0.3) is 0 Å². The molecule has 0 spiro atoms. The molecule has 0 aliphatic heterocycles. The van der Waals surface area contributed by atoms with Gasteiger partial charge in [-0.15, -0.1) is 0 Å². The van der Waals surface area contributed by atoms with Crippen molar-refractivity contribution in [3.8, 4) is 0 Å². The molecule has 0 bridgehead atoms. The van der Waals surface area contributed by atoms with E-state index in [1.165, 1.54) is 12.8 Å². The Labute approximate surface area is 99.5 Å². The van der Waals surface area contributed by atoms with E-state index in [2.05, 4.69) is 0 Å². The van der Waals surface area contributed by atoms with Crippen LogP contribution in [0.15, 0.2) is 18.2 Å². The minimum Gasteiger partial charge on any atom is -0.462 e. The van der Waals surface area contributed by atoms with Crippen LogP contribution >= 0.6 is 11.6 Å². The second kappa shape index (κ2) is 4.74. The van der Waals surface area contributed by atoms with Gasteiger partial charge < -0.3 is 10.5 Å². The highest BCUT2D eigenvalue weighted by Crippen LogP contribution is 2.32. The van der Waals surface area contributed by atoms with Gasteiger partial charge in [0.15, 0.2) is 0 Å². The lowest BCUT2D eigenvalue weighted by Crippen LogP contribution is -2.09. The van der Waals surface area contributed by atoms with E-state index < -0.39 is 0 Å². The number of anilines is 1. The summed E-state index contributed by atoms with van der Waals surface area (Å²) in [6.07, 6.45) is 3.49. The smallest absolute Gasteiger partial charge is 0.340 e. The van der Waals surface area contributed by atoms with E-state index in [1.54, 1.807) is 18.2 Å². The fourth-order valence-electron chi connectivity index (χ4n) is 1.52. The van der Waals surface area contributed by atoms with Crippen LogP contribution in [0.4, 0.5) is 5.69 Å². The molecule has 0 amide bonds. The summed E-state index contributed by atoms with van der Waals surface area (Å²) in [4.78, 5) is 11.6. The lowest BCUT2D eigenvalue weighted by molar-refractivity contribution is 0.0496. The third kappa shape index (κ3) is 2.89. The summed E-state index contributed by atoms with van der Waals surface area (Å²) < 4.78 is 5.14. The lowest BCUT2D eigenvalue weighted by atomic mass is 10.2. The predicted octanol–water partition coefficient (Wildman–Crippen LogP) is 2.88. The number of benzene rings is 1. The zero-order chi connectivity index (χ0) is 11.5. The standard InChI is InChI=1S/C12H14ClNO2/c13-9-3-4-10(11(14)7-9)12(15)16-6-5-8-1-2-8/h3-4,7-8H,1-2,5-6,14H2. The molecule has 3 nitrogen and oxygen atoms in total. The van der Waals surface area contributed by atoms with Crippen LogP contribution in [0.3, 0.4) is 0 Å². The van der Waals surface area contributed by atoms with Crippen molar-refractivity contribution in [2.75, 3.05) is 12.3 Å². The van der Waals surface area contributed by atoms with Crippen LogP contribution in [0.2, 0.25) is 5.02 Å². The molecule has 1 fully saturated rings. The van der Waals surface area contributed by atoms with E-state index in [0.29, 0.717) is 22.9 Å². The van der Waals surface area contributed by atoms with Gasteiger partial charge in [0.2, 0.25) is 0 Å². The van der Waals surface area contributed by atoms with Crippen LogP contribution < -0.4 is 5.73 Å². The van der Waals surface area contributed by atoms with E-state index in [9.17, 15) is 4.79 Å². The number of halogens is 1. The summed E-state index contributed by atoms with van der Waals surface area (Å²) in [5.74, 6) is 0.394. The topological polar surface area (TPSA) is 52.3 Å². The Hall–Kier alpha value is -1.22. The van der Waals surface area contributed by atoms with Crippen LogP contribution in [-0.4, -0.2) is 12.6 Å². The molecule has 1 aromatic carbocycles. The molecular weight excluding hydrogens is 226 g/mol. The second-order valence-electron chi connectivity index (χ2n) is 4.10. The van der Waals surface area contributed by atoms with Gasteiger partial charge >= 0.3 is 5.97 Å². The number of nitrogens with two attached hydrogens (primary N) is 1. The Kier molecular flexibility index (Phi) is 3.34. The number of carbonyl (C=O) groups excluding carboxylic acids is 1. The predicted molar refractivity (Wildman–Crippen MR) is 63.5 cm³/mol. The molecular formula is C12H14ClNO2. The molecule has 86 valence electrons. The van der Waals surface area contributed by atoms with Crippen molar-refractivity contribution in [3.05, 3.63) is 28.8 Å². The molecule has 0 heterocycles. The third-order valence-corrected chi connectivity index (χ3v) is 2.92. The van der Waals surface area contributed by atoms with E-state index in [0.717, 1.165) is 12.3 Å². The summed E-state index contributed by atoms with van der Waals surface area (Å²) in [5.41, 5.74) is 6.43. The van der Waals surface area contributed by atoms with Crippen molar-refractivity contribution < 1.29 is 9.53 Å². The molecule has 4 heteroatoms. The second-order valence-corrected chi connectivity index (χ2v) is 4.54. The Morgan fingerprint density at radius 1 is 1.50 bits per heavy atom. The molecule has 1 aliphatic rings. The molecule has 0 unspecified atom stereocenters. The van der Waals surface area contributed by atoms with Crippen molar-refractivity contribution >= 4 is 23.3 Å². The molecule has 1 aromatic rings. The van der Waals surface area contributed by atoms with Gasteiger partial charge in [-0.2, -0.15) is 0 Å². The molecule has 2 N–H and O–H groups in total. The van der Waals surface area contributed by atoms with Gasteiger partial charge in [-0.25, -0.2) is 4.79 Å². The zero-order valence-corrected chi connectivity index (χ0v) is 9.67. The van der Waals surface area contributed by atoms with E-state index in [1.807, 2.05) is 0 Å². The molecule has 1 aliphatic carbocycles. The number of carbonyl (C=O) groups is 1. The maximum atomic E-state index is 11.6. The fourth-order valence-corrected chi connectivity index (χ4v) is 1.70. The first kappa shape index (κ1) is 11.3. The van der Waals surface area contributed by atoms with Crippen LogP contribution in [0.5, 0.6) is 0 Å². The summed E-state index contributed by atoms with van der Waals surface area (Å²) >= 11 is 5.74. The first-order valence-corrected chi connectivity index (χ1v) is 5.77. The van der Waals surface area contributed by atoms with Gasteiger partial charge in [-0.1, -0.05) is 24.4 Å². The Bertz CT molecular complexity index is 402. The van der Waals surface area contributed by atoms with Crippen molar-refractivity contribution in [2.24, 2.45) is 5.92 Å². The van der Waals surface area contributed by atoms with Gasteiger partial charge in [-0.05, 0) is 30.5 Å². The van der Waals surface area contributed by atoms with Gasteiger partial charge in [-0.3, -0.25) is 0 Å². The maximum absolute atomic E-state index is 11.6. The average Bonchev–Trinajstić information content (AvgIpc) is 3.01. The first-order valence-electron chi connectivity index (χ1n) is 5.39. The highest BCUT2D eigenvalue weighted by molar-refractivity contribution is 6.31. The largest absolute Gasteiger partial charge is 0.462 e. The molecule has 2 rings (SSSR count). The quantitative estimate of drug-likeness (QED) is 0.649. The van der Waals surface area contributed by atoms with Gasteiger partial charge in [0, 0.05) is 10.7 Å². The SMILES string of the molecule is Nc1cc(Cl)ccc1C(=O)OCCC1CC1. The number of hydrogen-bond acceptors (Lipinski definition) is 3. The molecule has 0 saturated heterocycles. The summed E-state index contributed by atoms with van der Waals surface area (Å²) in [6.45, 7) is 0.478. The maximum Gasteiger partial charge on any atom is 0.340 e. The summed E-state index contributed by atoms with van der Waals surface area (Å²) in [5, 5.41) is 0.520. The van der Waals surface area contributed by atoms with Gasteiger partial charge in [0.1, 0.15) is 0 Å². The van der Waals surface area contributed by atoms with Gasteiger partial charge in [0.05, 0.1) is 12.2 Å². The van der Waals surface area contributed by atoms with Crippen LogP contribution in [-0.2, 0) is 4.74 Å². The highest BCUT2D eigenvalue weighted by atomic mass is 35.5. The minimum atomic E-state index is -0.366. The normalized spacial score (nSPS) is 14.8. The number of rotatable bonds is 4. The Morgan fingerprint density at radius 2 is 2.25 bits per heavy atom. The van der Waals surface area contributed by atoms with Crippen molar-refractivity contribution in [1.82, 2.24) is 0 Å². The monoisotopic (exact) mass is 239 g/mol. The van der Waals surface area contributed by atoms with E-state index in [4.69, 9.17) is 22.1 Å². The van der Waals surface area contributed by atoms with Crippen molar-refractivity contribution in [3.63, 3.8) is 0 Å². The molecule has 0 radical (unpaired) electrons. The highest BCUT2D eigenvalue weighted by Gasteiger charge is 2.21. The Morgan fingerprint density at radius 3 is 2.88 bits per heavy atom. The molecule has 16 heavy (non-hydrogen) atoms. The first-order chi connectivity index (χ1) is 7.66. The Balaban J connectivity index is 1.91. The summed E-state index contributed by atoms with van der Waals surface area (Å²) in [7, 11) is 0. The summed E-state index contributed by atoms with van der Waals surface area (Å²) in [6, 6.07) is 4.78. The van der Waals surface area contributed by atoms with Crippen molar-refractivity contribution in [2.45, 2.75) is 19.3 Å². The lowest BCUT2D eigenvalue weighted by Gasteiger charge is -2.06. The number of esters is 1. The molecule has 0 aromatic heterocycles. The number of ether oxygens (including phenoxy) is 1.